The highest BCUT2D eigenvalue weighted by Crippen LogP contribution is 2.08. The predicted octanol–water partition coefficient (Wildman–Crippen LogP) is 0.542. The van der Waals surface area contributed by atoms with Gasteiger partial charge in [-0.25, -0.2) is 9.59 Å². The van der Waals surface area contributed by atoms with Crippen molar-refractivity contribution in [3.05, 3.63) is 29.8 Å². The average Bonchev–Trinajstić information content (AvgIpc) is 2.19. The molecule has 0 bridgehead atoms. The number of aliphatic hydroxyl groups is 1. The Morgan fingerprint density at radius 3 is 1.75 bits per heavy atom. The fourth-order valence-electron chi connectivity index (χ4n) is 0.604. The van der Waals surface area contributed by atoms with Crippen molar-refractivity contribution < 1.29 is 30.0 Å². The van der Waals surface area contributed by atoms with Crippen molar-refractivity contribution in [1.29, 1.82) is 0 Å². The lowest BCUT2D eigenvalue weighted by Crippen LogP contribution is -2.13. The summed E-state index contributed by atoms with van der Waals surface area (Å²) >= 11 is 0. The fourth-order valence-corrected chi connectivity index (χ4v) is 0.604. The van der Waals surface area contributed by atoms with E-state index in [2.05, 4.69) is 0 Å². The lowest BCUT2D eigenvalue weighted by Gasteiger charge is -1.92. The zero-order chi connectivity index (χ0) is 12.7. The summed E-state index contributed by atoms with van der Waals surface area (Å²) in [5.41, 5.74) is 0.179. The lowest BCUT2D eigenvalue weighted by molar-refractivity contribution is -0.145. The van der Waals surface area contributed by atoms with Crippen molar-refractivity contribution in [3.8, 4) is 5.75 Å². The first-order valence-electron chi connectivity index (χ1n) is 4.27. The maximum Gasteiger partial charge on any atom is 0.335 e. The van der Waals surface area contributed by atoms with Crippen LogP contribution in [0.15, 0.2) is 24.3 Å². The second-order valence-corrected chi connectivity index (χ2v) is 2.87. The topological polar surface area (TPSA) is 115 Å². The highest BCUT2D eigenvalue weighted by molar-refractivity contribution is 5.87. The highest BCUT2D eigenvalue weighted by atomic mass is 16.4. The van der Waals surface area contributed by atoms with Crippen molar-refractivity contribution in [3.63, 3.8) is 0 Å². The van der Waals surface area contributed by atoms with E-state index in [-0.39, 0.29) is 11.3 Å². The molecule has 0 saturated heterocycles. The second-order valence-electron chi connectivity index (χ2n) is 2.87. The maximum absolute atomic E-state index is 10.2. The fraction of sp³-hybridized carbons (Fsp3) is 0.200. The average molecular weight is 228 g/mol. The van der Waals surface area contributed by atoms with Gasteiger partial charge in [-0.3, -0.25) is 0 Å². The summed E-state index contributed by atoms with van der Waals surface area (Å²) in [6.45, 7) is 1.20. The third kappa shape index (κ3) is 5.61. The standard InChI is InChI=1S/C7H6O3.C3H6O3/c8-6-3-1-5(2-4-6)7(9)10;1-2(4)3(5)6/h1-4,8H,(H,9,10);2,4H,1H3,(H,5,6). The number of phenols is 1. The smallest absolute Gasteiger partial charge is 0.335 e. The number of aromatic hydroxyl groups is 1. The van der Waals surface area contributed by atoms with Crippen molar-refractivity contribution in [2.45, 2.75) is 13.0 Å². The van der Waals surface area contributed by atoms with Gasteiger partial charge in [-0.1, -0.05) is 0 Å². The number of rotatable bonds is 2. The molecule has 0 spiro atoms. The van der Waals surface area contributed by atoms with Gasteiger partial charge in [-0.05, 0) is 31.2 Å². The normalized spacial score (nSPS) is 10.9. The van der Waals surface area contributed by atoms with E-state index in [0.29, 0.717) is 0 Å². The van der Waals surface area contributed by atoms with E-state index >= 15 is 0 Å². The second kappa shape index (κ2) is 6.41. The van der Waals surface area contributed by atoms with E-state index < -0.39 is 18.0 Å². The minimum atomic E-state index is -1.23. The Kier molecular flexibility index (Phi) is 5.58. The molecule has 0 aliphatic carbocycles. The molecule has 1 aromatic rings. The Bertz CT molecular complexity index is 354. The van der Waals surface area contributed by atoms with Crippen LogP contribution in [-0.2, 0) is 4.79 Å². The van der Waals surface area contributed by atoms with Crippen LogP contribution in [0.25, 0.3) is 0 Å². The molecule has 0 heterocycles. The molecule has 1 rings (SSSR count). The van der Waals surface area contributed by atoms with Crippen LogP contribution in [0, 0.1) is 0 Å². The van der Waals surface area contributed by atoms with Gasteiger partial charge in [0.2, 0.25) is 0 Å². The van der Waals surface area contributed by atoms with Crippen molar-refractivity contribution in [2.24, 2.45) is 0 Å². The van der Waals surface area contributed by atoms with Crippen LogP contribution >= 0.6 is 0 Å². The van der Waals surface area contributed by atoms with Gasteiger partial charge in [0.25, 0.3) is 0 Å². The van der Waals surface area contributed by atoms with E-state index in [0.717, 1.165) is 0 Å². The molecule has 0 aromatic heterocycles. The summed E-state index contributed by atoms with van der Waals surface area (Å²) < 4.78 is 0. The Balaban J connectivity index is 0.000000325. The lowest BCUT2D eigenvalue weighted by atomic mass is 10.2. The summed E-state index contributed by atoms with van der Waals surface area (Å²) in [5.74, 6) is -2.10. The van der Waals surface area contributed by atoms with E-state index in [9.17, 15) is 9.59 Å². The van der Waals surface area contributed by atoms with Gasteiger partial charge in [0, 0.05) is 0 Å². The van der Waals surface area contributed by atoms with Crippen molar-refractivity contribution in [2.75, 3.05) is 0 Å². The number of carboxylic acid groups (broad SMARTS) is 2. The predicted molar refractivity (Wildman–Crippen MR) is 54.4 cm³/mol. The van der Waals surface area contributed by atoms with Crippen LogP contribution in [0.1, 0.15) is 17.3 Å². The third-order valence-corrected chi connectivity index (χ3v) is 1.47. The van der Waals surface area contributed by atoms with E-state index in [1.54, 1.807) is 0 Å². The number of carbonyl (C=O) groups is 2. The van der Waals surface area contributed by atoms with Crippen LogP contribution in [0.4, 0.5) is 0 Å². The van der Waals surface area contributed by atoms with E-state index in [1.165, 1.54) is 31.2 Å². The first kappa shape index (κ1) is 13.9. The molecule has 0 fully saturated rings. The number of aliphatic carboxylic acids is 1. The molecule has 0 aliphatic rings. The number of hydrogen-bond donors (Lipinski definition) is 4. The molecule has 4 N–H and O–H groups in total. The van der Waals surface area contributed by atoms with Crippen LogP contribution < -0.4 is 0 Å². The molecule has 88 valence electrons. The molecule has 0 aliphatic heterocycles. The molecule has 1 unspecified atom stereocenters. The van der Waals surface area contributed by atoms with Crippen LogP contribution in [-0.4, -0.2) is 38.5 Å². The van der Waals surface area contributed by atoms with Crippen LogP contribution in [0.5, 0.6) is 5.75 Å². The third-order valence-electron chi connectivity index (χ3n) is 1.47. The minimum absolute atomic E-state index is 0.0741. The highest BCUT2D eigenvalue weighted by Gasteiger charge is 2.01. The Hall–Kier alpha value is -2.08. The molecule has 1 atom stereocenters. The number of carboxylic acids is 2. The Morgan fingerprint density at radius 2 is 1.50 bits per heavy atom. The number of hydrogen-bond acceptors (Lipinski definition) is 4. The Labute approximate surface area is 91.4 Å². The zero-order valence-corrected chi connectivity index (χ0v) is 8.49. The van der Waals surface area contributed by atoms with E-state index in [4.69, 9.17) is 20.4 Å². The molecule has 0 amide bonds. The van der Waals surface area contributed by atoms with Gasteiger partial charge in [0.15, 0.2) is 0 Å². The molecular formula is C10H12O6. The van der Waals surface area contributed by atoms with Gasteiger partial charge < -0.3 is 20.4 Å². The number of benzene rings is 1. The van der Waals surface area contributed by atoms with Crippen LogP contribution in [0.2, 0.25) is 0 Å². The van der Waals surface area contributed by atoms with Gasteiger partial charge >= 0.3 is 11.9 Å². The number of aromatic carboxylic acids is 1. The quantitative estimate of drug-likeness (QED) is 0.587. The summed E-state index contributed by atoms with van der Waals surface area (Å²) in [7, 11) is 0. The molecule has 6 nitrogen and oxygen atoms in total. The van der Waals surface area contributed by atoms with Crippen molar-refractivity contribution >= 4 is 11.9 Å². The molecule has 0 radical (unpaired) electrons. The number of aliphatic hydroxyl groups excluding tert-OH is 1. The molecular weight excluding hydrogens is 216 g/mol. The zero-order valence-electron chi connectivity index (χ0n) is 8.49. The van der Waals surface area contributed by atoms with Crippen molar-refractivity contribution in [1.82, 2.24) is 0 Å². The SMILES string of the molecule is CC(O)C(=O)O.O=C(O)c1ccc(O)cc1. The molecule has 6 heteroatoms. The summed E-state index contributed by atoms with van der Waals surface area (Å²) in [6, 6.07) is 5.36. The van der Waals surface area contributed by atoms with E-state index in [1.807, 2.05) is 0 Å². The minimum Gasteiger partial charge on any atom is -0.508 e. The monoisotopic (exact) mass is 228 g/mol. The van der Waals surface area contributed by atoms with Gasteiger partial charge in [0.05, 0.1) is 5.56 Å². The van der Waals surface area contributed by atoms with Gasteiger partial charge in [-0.2, -0.15) is 0 Å². The Morgan fingerprint density at radius 1 is 1.12 bits per heavy atom. The first-order valence-corrected chi connectivity index (χ1v) is 4.27. The summed E-state index contributed by atoms with van der Waals surface area (Å²) in [6.07, 6.45) is -1.23. The number of phenolic OH excluding ortho intramolecular Hbond substituents is 1. The largest absolute Gasteiger partial charge is 0.508 e. The maximum atomic E-state index is 10.2. The van der Waals surface area contributed by atoms with Gasteiger partial charge in [0.1, 0.15) is 11.9 Å². The van der Waals surface area contributed by atoms with Gasteiger partial charge in [-0.15, -0.1) is 0 Å². The molecule has 16 heavy (non-hydrogen) atoms. The van der Waals surface area contributed by atoms with Crippen LogP contribution in [0.3, 0.4) is 0 Å². The molecule has 0 saturated carbocycles. The first-order chi connectivity index (χ1) is 7.34. The summed E-state index contributed by atoms with van der Waals surface area (Å²) in [5, 5.41) is 32.9. The summed E-state index contributed by atoms with van der Waals surface area (Å²) in [4.78, 5) is 19.7. The molecule has 1 aromatic carbocycles.